The molecule has 0 aromatic heterocycles. The minimum absolute atomic E-state index is 0.0366. The first kappa shape index (κ1) is 33.4. The molecule has 222 valence electrons. The number of aliphatic hydroxyl groups is 2. The first-order valence-corrected chi connectivity index (χ1v) is 14.8. The number of nitrogens with two attached hydrogens (primary N) is 1. The Hall–Kier alpha value is -2.84. The maximum atomic E-state index is 12.7. The Morgan fingerprint density at radius 1 is 1.25 bits per heavy atom. The molecule has 4 N–H and O–H groups in total. The smallest absolute Gasteiger partial charge is 0.244 e. The quantitative estimate of drug-likeness (QED) is 0.0561. The van der Waals surface area contributed by atoms with Gasteiger partial charge in [0.15, 0.2) is 5.78 Å². The van der Waals surface area contributed by atoms with E-state index >= 15 is 0 Å². The number of rotatable bonds is 13. The summed E-state index contributed by atoms with van der Waals surface area (Å²) in [7, 11) is 0. The molecule has 0 bridgehead atoms. The van der Waals surface area contributed by atoms with Gasteiger partial charge < -0.3 is 10.2 Å². The van der Waals surface area contributed by atoms with Gasteiger partial charge in [0.1, 0.15) is 5.76 Å². The number of hydrogen-bond donors (Lipinski definition) is 3. The largest absolute Gasteiger partial charge is 0.512 e. The van der Waals surface area contributed by atoms with Crippen LogP contribution in [-0.4, -0.2) is 44.5 Å². The van der Waals surface area contributed by atoms with Gasteiger partial charge in [0.2, 0.25) is 5.96 Å². The number of aliphatic imine (C=N–C) groups is 3. The molecule has 0 spiro atoms. The molecule has 0 aromatic rings. The van der Waals surface area contributed by atoms with E-state index in [-0.39, 0.29) is 41.8 Å². The van der Waals surface area contributed by atoms with Crippen molar-refractivity contribution in [2.24, 2.45) is 32.7 Å². The maximum Gasteiger partial charge on any atom is 0.244 e. The van der Waals surface area contributed by atoms with Gasteiger partial charge in [-0.25, -0.2) is 15.8 Å². The van der Waals surface area contributed by atoms with Crippen LogP contribution in [0.1, 0.15) is 112 Å². The van der Waals surface area contributed by atoms with Crippen molar-refractivity contribution in [3.05, 3.63) is 47.2 Å². The number of nitrogens with zero attached hydrogens (tertiary/aromatic N) is 4. The number of carbonyl (C=O) groups excluding carboxylic acids is 1. The van der Waals surface area contributed by atoms with Crippen molar-refractivity contribution in [1.29, 1.82) is 0 Å². The Labute approximate surface area is 241 Å². The number of ketones is 1. The van der Waals surface area contributed by atoms with Crippen LogP contribution in [0.15, 0.2) is 62.1 Å². The number of Topliss-reactive ketones (excluding diaryl/α,β-unsaturated/α-hetero) is 1. The lowest BCUT2D eigenvalue weighted by molar-refractivity contribution is -0.114. The van der Waals surface area contributed by atoms with Crippen LogP contribution < -0.4 is 5.84 Å². The first-order chi connectivity index (χ1) is 19.0. The predicted octanol–water partition coefficient (Wildman–Crippen LogP) is 7.09. The van der Waals surface area contributed by atoms with Crippen molar-refractivity contribution >= 4 is 23.7 Å². The summed E-state index contributed by atoms with van der Waals surface area (Å²) in [5, 5.41) is 24.7. The van der Waals surface area contributed by atoms with E-state index in [0.717, 1.165) is 62.8 Å². The highest BCUT2D eigenvalue weighted by Crippen LogP contribution is 2.42. The second kappa shape index (κ2) is 15.8. The molecule has 8 heteroatoms. The van der Waals surface area contributed by atoms with E-state index in [2.05, 4.69) is 36.5 Å². The zero-order valence-electron chi connectivity index (χ0n) is 25.5. The molecule has 1 fully saturated rings. The monoisotopic (exact) mass is 553 g/mol. The van der Waals surface area contributed by atoms with Gasteiger partial charge in [0.05, 0.1) is 5.60 Å². The Balaban J connectivity index is 2.30. The number of hydrazine groups is 1. The summed E-state index contributed by atoms with van der Waals surface area (Å²) >= 11 is 0. The molecule has 40 heavy (non-hydrogen) atoms. The Morgan fingerprint density at radius 2 is 1.93 bits per heavy atom. The Morgan fingerprint density at radius 3 is 2.48 bits per heavy atom. The van der Waals surface area contributed by atoms with Crippen LogP contribution in [0, 0.1) is 11.8 Å². The van der Waals surface area contributed by atoms with E-state index in [0.29, 0.717) is 18.0 Å². The predicted molar refractivity (Wildman–Crippen MR) is 166 cm³/mol. The third-order valence-electron chi connectivity index (χ3n) is 8.20. The van der Waals surface area contributed by atoms with Gasteiger partial charge in [0.25, 0.3) is 0 Å². The maximum absolute atomic E-state index is 12.7. The average molecular weight is 554 g/mol. The normalized spacial score (nSPS) is 21.1. The molecule has 2 atom stereocenters. The molecule has 8 nitrogen and oxygen atoms in total. The molecule has 1 unspecified atom stereocenters. The lowest BCUT2D eigenvalue weighted by atomic mass is 9.76. The molecule has 0 aromatic carbocycles. The Kier molecular flexibility index (Phi) is 13.2. The molecule has 2 rings (SSSR count). The lowest BCUT2D eigenvalue weighted by Crippen LogP contribution is -2.38. The fourth-order valence-electron chi connectivity index (χ4n) is 5.63. The van der Waals surface area contributed by atoms with Crippen molar-refractivity contribution in [3.63, 3.8) is 0 Å². The van der Waals surface area contributed by atoms with Gasteiger partial charge >= 0.3 is 0 Å². The van der Waals surface area contributed by atoms with Crippen LogP contribution in [-0.2, 0) is 4.79 Å². The van der Waals surface area contributed by atoms with Crippen LogP contribution in [0.4, 0.5) is 0 Å². The SMILES string of the molecule is C=C(C/C(C(C)=O)=C(\O)C[C@](O)(CCC1C=C(CC)N=C(CC)C1)C1CCCC1)/N=C(/N=C/C)N(N)/C(C)=C\C. The first-order valence-electron chi connectivity index (χ1n) is 14.8. The summed E-state index contributed by atoms with van der Waals surface area (Å²) in [5.41, 5.74) is 2.53. The molecule has 0 radical (unpaired) electrons. The molecule has 2 aliphatic rings. The minimum atomic E-state index is -1.10. The molecule has 1 aliphatic carbocycles. The zero-order chi connectivity index (χ0) is 29.9. The highest BCUT2D eigenvalue weighted by molar-refractivity contribution is 5.94. The molecular formula is C32H51N5O3. The third kappa shape index (κ3) is 9.37. The number of carbonyl (C=O) groups is 1. The van der Waals surface area contributed by atoms with Crippen LogP contribution in [0.3, 0.4) is 0 Å². The van der Waals surface area contributed by atoms with Crippen molar-refractivity contribution in [2.75, 3.05) is 0 Å². The number of hydrogen-bond acceptors (Lipinski definition) is 6. The van der Waals surface area contributed by atoms with Gasteiger partial charge in [-0.05, 0) is 84.5 Å². The standard InChI is InChI=1S/C32H51N5O3/c1-8-23(6)37(33)31(34-11-4)35-22(5)18-29(24(7)38)30(39)21-32(40,26-14-12-13-15-26)17-16-25-19-27(9-2)36-28(10-3)20-25/h8,11,19,25-26,39-40H,5,9-10,12-18,20-21,33H2,1-4,6-7H3/b23-8-,30-29+,34-11+,35-31-/t25?,32-/m1/s1. The summed E-state index contributed by atoms with van der Waals surface area (Å²) in [6, 6.07) is 0. The zero-order valence-corrected chi connectivity index (χ0v) is 25.5. The molecule has 1 heterocycles. The van der Waals surface area contributed by atoms with Crippen molar-refractivity contribution in [3.8, 4) is 0 Å². The van der Waals surface area contributed by atoms with Gasteiger partial charge in [-0.1, -0.05) is 45.4 Å². The van der Waals surface area contributed by atoms with Crippen molar-refractivity contribution < 1.29 is 15.0 Å². The summed E-state index contributed by atoms with van der Waals surface area (Å²) in [4.78, 5) is 26.1. The number of aliphatic hydroxyl groups excluding tert-OH is 1. The van der Waals surface area contributed by atoms with E-state index in [4.69, 9.17) is 10.8 Å². The molecule has 1 aliphatic heterocycles. The molecule has 0 amide bonds. The van der Waals surface area contributed by atoms with Crippen molar-refractivity contribution in [1.82, 2.24) is 5.01 Å². The highest BCUT2D eigenvalue weighted by atomic mass is 16.3. The van der Waals surface area contributed by atoms with Crippen LogP contribution in [0.5, 0.6) is 0 Å². The van der Waals surface area contributed by atoms with Gasteiger partial charge in [-0.3, -0.25) is 14.8 Å². The van der Waals surface area contributed by atoms with Crippen LogP contribution in [0.25, 0.3) is 0 Å². The van der Waals surface area contributed by atoms with E-state index < -0.39 is 5.60 Å². The molecular weight excluding hydrogens is 502 g/mol. The minimum Gasteiger partial charge on any atom is -0.512 e. The summed E-state index contributed by atoms with van der Waals surface area (Å²) in [6.07, 6.45) is 13.8. The van der Waals surface area contributed by atoms with Gasteiger partial charge in [-0.2, -0.15) is 0 Å². The lowest BCUT2D eigenvalue weighted by Gasteiger charge is -2.36. The fraction of sp³-hybridized carbons (Fsp3) is 0.625. The van der Waals surface area contributed by atoms with Gasteiger partial charge in [0, 0.05) is 47.4 Å². The molecule has 1 saturated carbocycles. The van der Waals surface area contributed by atoms with E-state index in [1.165, 1.54) is 17.6 Å². The number of allylic oxidation sites excluding steroid dienone is 5. The summed E-state index contributed by atoms with van der Waals surface area (Å²) in [6.45, 7) is 15.1. The Bertz CT molecular complexity index is 1090. The second-order valence-electron chi connectivity index (χ2n) is 11.1. The molecule has 0 saturated heterocycles. The topological polar surface area (TPSA) is 124 Å². The fourth-order valence-corrected chi connectivity index (χ4v) is 5.63. The van der Waals surface area contributed by atoms with Crippen LogP contribution >= 0.6 is 0 Å². The highest BCUT2D eigenvalue weighted by Gasteiger charge is 2.40. The van der Waals surface area contributed by atoms with Gasteiger partial charge in [-0.15, -0.1) is 0 Å². The number of guanidine groups is 1. The summed E-state index contributed by atoms with van der Waals surface area (Å²) < 4.78 is 0. The third-order valence-corrected chi connectivity index (χ3v) is 8.20. The van der Waals surface area contributed by atoms with E-state index in [1.807, 2.05) is 19.9 Å². The summed E-state index contributed by atoms with van der Waals surface area (Å²) in [5.74, 6) is 6.42. The van der Waals surface area contributed by atoms with Crippen LogP contribution in [0.2, 0.25) is 0 Å². The van der Waals surface area contributed by atoms with E-state index in [9.17, 15) is 15.0 Å². The second-order valence-corrected chi connectivity index (χ2v) is 11.1. The average Bonchev–Trinajstić information content (AvgIpc) is 3.49. The van der Waals surface area contributed by atoms with E-state index in [1.54, 1.807) is 13.1 Å². The van der Waals surface area contributed by atoms with Crippen molar-refractivity contribution in [2.45, 2.75) is 118 Å².